The molecule has 2 rings (SSSR count). The quantitative estimate of drug-likeness (QED) is 0.805. The molecule has 10 heteroatoms. The Morgan fingerprint density at radius 2 is 1.92 bits per heavy atom. The Morgan fingerprint density at radius 3 is 2.42 bits per heavy atom. The summed E-state index contributed by atoms with van der Waals surface area (Å²) in [5.41, 5.74) is -1.98. The van der Waals surface area contributed by atoms with E-state index in [4.69, 9.17) is 9.47 Å². The molecule has 0 fully saturated rings. The topological polar surface area (TPSA) is 98.8 Å². The van der Waals surface area contributed by atoms with Crippen LogP contribution < -0.4 is 4.72 Å². The van der Waals surface area contributed by atoms with E-state index in [1.807, 2.05) is 4.72 Å². The molecule has 0 amide bonds. The third-order valence-electron chi connectivity index (χ3n) is 3.15. The van der Waals surface area contributed by atoms with Gasteiger partial charge in [-0.1, -0.05) is 6.07 Å². The third kappa shape index (κ3) is 3.37. The minimum atomic E-state index is -3.86. The van der Waals surface area contributed by atoms with Gasteiger partial charge in [-0.25, -0.2) is 17.2 Å². The molecule has 0 bridgehead atoms. The van der Waals surface area contributed by atoms with Crippen molar-refractivity contribution in [1.82, 2.24) is 4.72 Å². The first-order valence-electron chi connectivity index (χ1n) is 6.54. The van der Waals surface area contributed by atoms with Crippen LogP contribution in [0.4, 0.5) is 8.78 Å². The van der Waals surface area contributed by atoms with E-state index in [9.17, 15) is 26.8 Å². The van der Waals surface area contributed by atoms with E-state index in [1.165, 1.54) is 6.92 Å². The number of esters is 1. The number of sulfonamides is 1. The summed E-state index contributed by atoms with van der Waals surface area (Å²) in [6.07, 6.45) is 0.798. The van der Waals surface area contributed by atoms with Crippen molar-refractivity contribution in [3.8, 4) is 0 Å². The lowest BCUT2D eigenvalue weighted by atomic mass is 9.91. The highest BCUT2D eigenvalue weighted by Gasteiger charge is 2.50. The molecule has 24 heavy (non-hydrogen) atoms. The molecule has 0 radical (unpaired) electrons. The van der Waals surface area contributed by atoms with Crippen LogP contribution in [0, 0.1) is 11.6 Å². The van der Waals surface area contributed by atoms with Crippen molar-refractivity contribution in [3.05, 3.63) is 47.0 Å². The lowest BCUT2D eigenvalue weighted by Crippen LogP contribution is -2.32. The molecule has 0 aromatic heterocycles. The van der Waals surface area contributed by atoms with Gasteiger partial charge in [-0.2, -0.15) is 0 Å². The highest BCUT2D eigenvalue weighted by atomic mass is 32.2. The smallest absolute Gasteiger partial charge is 0.308 e. The number of carbonyl (C=O) groups excluding carboxylic acids is 2. The van der Waals surface area contributed by atoms with Crippen LogP contribution in [0.5, 0.6) is 0 Å². The summed E-state index contributed by atoms with van der Waals surface area (Å²) in [5.74, 6) is -5.43. The van der Waals surface area contributed by atoms with Crippen LogP contribution in [0.25, 0.3) is 0 Å². The number of ether oxygens (including phenoxy) is 2. The number of nitrogens with one attached hydrogen (secondary N) is 1. The Labute approximate surface area is 136 Å². The Hall–Kier alpha value is -2.49. The molecule has 0 spiro atoms. The molecule has 0 saturated carbocycles. The number of ketones is 1. The standard InChI is InChI=1S/C14H13F2NO6S/c1-7(18)22-11-12(19)14(2,23-13(11)17-24(3,20)21)8-4-5-9(15)10(16)6-8/h4-6,17H,1-3H3. The van der Waals surface area contributed by atoms with Crippen LogP contribution >= 0.6 is 0 Å². The van der Waals surface area contributed by atoms with Gasteiger partial charge in [0.25, 0.3) is 5.78 Å². The van der Waals surface area contributed by atoms with Crippen LogP contribution in [0.2, 0.25) is 0 Å². The molecule has 7 nitrogen and oxygen atoms in total. The molecule has 1 aromatic carbocycles. The summed E-state index contributed by atoms with van der Waals surface area (Å²) >= 11 is 0. The Kier molecular flexibility index (Phi) is 4.36. The maximum atomic E-state index is 13.5. The fourth-order valence-electron chi connectivity index (χ4n) is 2.07. The summed E-state index contributed by atoms with van der Waals surface area (Å²) in [7, 11) is -3.86. The van der Waals surface area contributed by atoms with Gasteiger partial charge in [0.05, 0.1) is 6.26 Å². The average Bonchev–Trinajstić information content (AvgIpc) is 2.65. The molecule has 0 aliphatic carbocycles. The minimum Gasteiger partial charge on any atom is -0.456 e. The van der Waals surface area contributed by atoms with Crippen molar-refractivity contribution >= 4 is 21.8 Å². The van der Waals surface area contributed by atoms with E-state index >= 15 is 0 Å². The van der Waals surface area contributed by atoms with Crippen molar-refractivity contribution in [1.29, 1.82) is 0 Å². The zero-order valence-electron chi connectivity index (χ0n) is 12.8. The predicted octanol–water partition coefficient (Wildman–Crippen LogP) is 1.06. The molecule has 0 saturated heterocycles. The van der Waals surface area contributed by atoms with Crippen LogP contribution in [0.3, 0.4) is 0 Å². The van der Waals surface area contributed by atoms with Gasteiger partial charge in [0.2, 0.25) is 21.7 Å². The second kappa shape index (κ2) is 5.86. The van der Waals surface area contributed by atoms with Crippen molar-refractivity contribution in [3.63, 3.8) is 0 Å². The fraction of sp³-hybridized carbons (Fsp3) is 0.286. The Bertz CT molecular complexity index is 864. The second-order valence-electron chi connectivity index (χ2n) is 5.22. The maximum absolute atomic E-state index is 13.5. The van der Waals surface area contributed by atoms with Gasteiger partial charge in [-0.3, -0.25) is 14.3 Å². The van der Waals surface area contributed by atoms with Gasteiger partial charge < -0.3 is 9.47 Å². The van der Waals surface area contributed by atoms with E-state index in [0.717, 1.165) is 31.4 Å². The molecule has 1 atom stereocenters. The predicted molar refractivity (Wildman–Crippen MR) is 76.6 cm³/mol. The SMILES string of the molecule is CC(=O)OC1=C(NS(C)(=O)=O)OC(C)(c2ccc(F)c(F)c2)C1=O. The first kappa shape index (κ1) is 17.9. The normalized spacial score (nSPS) is 20.8. The summed E-state index contributed by atoms with van der Waals surface area (Å²) in [6.45, 7) is 2.22. The maximum Gasteiger partial charge on any atom is 0.308 e. The van der Waals surface area contributed by atoms with Crippen molar-refractivity contribution in [2.24, 2.45) is 0 Å². The molecular weight excluding hydrogens is 348 g/mol. The molecule has 1 unspecified atom stereocenters. The van der Waals surface area contributed by atoms with Gasteiger partial charge in [0, 0.05) is 12.5 Å². The zero-order chi connectivity index (χ0) is 18.3. The highest BCUT2D eigenvalue weighted by Crippen LogP contribution is 2.39. The van der Waals surface area contributed by atoms with Crippen LogP contribution in [0.15, 0.2) is 29.8 Å². The Balaban J connectivity index is 2.51. The number of benzene rings is 1. The lowest BCUT2D eigenvalue weighted by Gasteiger charge is -2.23. The second-order valence-corrected chi connectivity index (χ2v) is 6.97. The summed E-state index contributed by atoms with van der Waals surface area (Å²) in [5, 5.41) is 0. The molecule has 130 valence electrons. The van der Waals surface area contributed by atoms with Crippen molar-refractivity contribution in [2.45, 2.75) is 19.4 Å². The third-order valence-corrected chi connectivity index (χ3v) is 3.70. The minimum absolute atomic E-state index is 0.0821. The molecule has 1 heterocycles. The molecule has 1 aromatic rings. The van der Waals surface area contributed by atoms with Gasteiger partial charge in [0.15, 0.2) is 17.2 Å². The molecule has 1 N–H and O–H groups in total. The van der Waals surface area contributed by atoms with Crippen LogP contribution in [-0.2, 0) is 34.7 Å². The first-order chi connectivity index (χ1) is 10.9. The van der Waals surface area contributed by atoms with E-state index in [-0.39, 0.29) is 5.56 Å². The van der Waals surface area contributed by atoms with E-state index in [1.54, 1.807) is 0 Å². The number of halogens is 2. The summed E-state index contributed by atoms with van der Waals surface area (Å²) < 4.78 is 61.3. The monoisotopic (exact) mass is 361 g/mol. The van der Waals surface area contributed by atoms with Gasteiger partial charge in [-0.15, -0.1) is 0 Å². The van der Waals surface area contributed by atoms with E-state index < -0.39 is 50.7 Å². The number of Topliss-reactive ketones (excluding diaryl/α,β-unsaturated/α-hetero) is 1. The van der Waals surface area contributed by atoms with Gasteiger partial charge in [-0.05, 0) is 19.1 Å². The molecule has 1 aliphatic rings. The summed E-state index contributed by atoms with van der Waals surface area (Å²) in [4.78, 5) is 23.7. The zero-order valence-corrected chi connectivity index (χ0v) is 13.7. The first-order valence-corrected chi connectivity index (χ1v) is 8.43. The summed E-state index contributed by atoms with van der Waals surface area (Å²) in [6, 6.07) is 2.63. The number of rotatable bonds is 4. The molecule has 1 aliphatic heterocycles. The largest absolute Gasteiger partial charge is 0.456 e. The van der Waals surface area contributed by atoms with Crippen LogP contribution in [0.1, 0.15) is 19.4 Å². The van der Waals surface area contributed by atoms with Gasteiger partial charge >= 0.3 is 5.97 Å². The van der Waals surface area contributed by atoms with Crippen molar-refractivity contribution < 1.29 is 36.3 Å². The Morgan fingerprint density at radius 1 is 1.29 bits per heavy atom. The highest BCUT2D eigenvalue weighted by molar-refractivity contribution is 7.88. The fourth-order valence-corrected chi connectivity index (χ4v) is 2.54. The number of carbonyl (C=O) groups is 2. The molecular formula is C14H13F2NO6S. The van der Waals surface area contributed by atoms with E-state index in [2.05, 4.69) is 0 Å². The van der Waals surface area contributed by atoms with Crippen molar-refractivity contribution in [2.75, 3.05) is 6.26 Å². The average molecular weight is 361 g/mol. The van der Waals surface area contributed by atoms with Crippen LogP contribution in [-0.4, -0.2) is 26.4 Å². The van der Waals surface area contributed by atoms with E-state index in [0.29, 0.717) is 0 Å². The number of hydrogen-bond acceptors (Lipinski definition) is 6. The number of hydrogen-bond donors (Lipinski definition) is 1. The van der Waals surface area contributed by atoms with Gasteiger partial charge in [0.1, 0.15) is 0 Å². The lowest BCUT2D eigenvalue weighted by molar-refractivity contribution is -0.142.